The number of aliphatic hydroxyl groups excluding tert-OH is 1. The van der Waals surface area contributed by atoms with Crippen LogP contribution in [0.1, 0.15) is 28.2 Å². The number of ether oxygens (including phenoxy) is 1. The van der Waals surface area contributed by atoms with Crippen LogP contribution in [-0.4, -0.2) is 49.3 Å². The van der Waals surface area contributed by atoms with Gasteiger partial charge in [0.2, 0.25) is 6.43 Å². The summed E-state index contributed by atoms with van der Waals surface area (Å²) in [7, 11) is 0. The van der Waals surface area contributed by atoms with Crippen molar-refractivity contribution in [2.75, 3.05) is 32.8 Å². The van der Waals surface area contributed by atoms with Gasteiger partial charge in [-0.1, -0.05) is 0 Å². The Hall–Kier alpha value is -0.560. The van der Waals surface area contributed by atoms with Crippen LogP contribution in [0.3, 0.4) is 0 Å². The van der Waals surface area contributed by atoms with E-state index in [0.717, 1.165) is 37.2 Å². The topological polar surface area (TPSA) is 32.7 Å². The van der Waals surface area contributed by atoms with Crippen LogP contribution in [0.15, 0.2) is 6.07 Å². The van der Waals surface area contributed by atoms with E-state index in [4.69, 9.17) is 9.84 Å². The Balaban J connectivity index is 1.79. The maximum atomic E-state index is 12.6. The van der Waals surface area contributed by atoms with Crippen LogP contribution in [0.4, 0.5) is 8.78 Å². The number of hydrogen-bond donors (Lipinski definition) is 1. The first-order chi connectivity index (χ1) is 10.1. The molecule has 1 saturated heterocycles. The lowest BCUT2D eigenvalue weighted by Gasteiger charge is -2.43. The highest BCUT2D eigenvalue weighted by Crippen LogP contribution is 2.45. The van der Waals surface area contributed by atoms with E-state index in [1.54, 1.807) is 0 Å². The van der Waals surface area contributed by atoms with Crippen molar-refractivity contribution in [1.82, 2.24) is 4.90 Å². The van der Waals surface area contributed by atoms with Gasteiger partial charge >= 0.3 is 0 Å². The Kier molecular flexibility index (Phi) is 4.59. The van der Waals surface area contributed by atoms with E-state index in [9.17, 15) is 8.78 Å². The molecular weight excluding hydrogens is 296 g/mol. The van der Waals surface area contributed by atoms with E-state index in [2.05, 4.69) is 4.90 Å². The first-order valence-corrected chi connectivity index (χ1v) is 8.32. The molecule has 0 aromatic carbocycles. The fraction of sp³-hybridized carbons (Fsp3) is 0.733. The van der Waals surface area contributed by atoms with Gasteiger partial charge in [0.05, 0.1) is 13.2 Å². The van der Waals surface area contributed by atoms with Crippen LogP contribution in [0.5, 0.6) is 0 Å². The number of halogens is 2. The van der Waals surface area contributed by atoms with Crippen molar-refractivity contribution in [2.45, 2.75) is 37.7 Å². The molecule has 3 heterocycles. The molecule has 118 valence electrons. The van der Waals surface area contributed by atoms with Crippen molar-refractivity contribution in [3.63, 3.8) is 0 Å². The van der Waals surface area contributed by atoms with Crippen LogP contribution in [-0.2, 0) is 23.2 Å². The quantitative estimate of drug-likeness (QED) is 0.926. The predicted octanol–water partition coefficient (Wildman–Crippen LogP) is 2.41. The largest absolute Gasteiger partial charge is 0.395 e. The van der Waals surface area contributed by atoms with Crippen molar-refractivity contribution >= 4 is 11.3 Å². The summed E-state index contributed by atoms with van der Waals surface area (Å²) in [5.74, 6) is 0. The van der Waals surface area contributed by atoms with E-state index in [1.807, 2.05) is 6.07 Å². The number of aliphatic hydroxyl groups is 1. The van der Waals surface area contributed by atoms with E-state index in [1.165, 1.54) is 21.8 Å². The third-order valence-corrected chi connectivity index (χ3v) is 5.84. The minimum absolute atomic E-state index is 0.148. The van der Waals surface area contributed by atoms with Gasteiger partial charge in [-0.25, -0.2) is 8.78 Å². The molecule has 0 unspecified atom stereocenters. The molecule has 0 aliphatic carbocycles. The van der Waals surface area contributed by atoms with Gasteiger partial charge in [0.25, 0.3) is 0 Å². The summed E-state index contributed by atoms with van der Waals surface area (Å²) in [6.07, 6.45) is 0.165. The minimum atomic E-state index is -2.28. The Morgan fingerprint density at radius 3 is 2.81 bits per heavy atom. The number of piperidine rings is 1. The maximum absolute atomic E-state index is 12.6. The van der Waals surface area contributed by atoms with Crippen molar-refractivity contribution in [3.05, 3.63) is 21.4 Å². The number of likely N-dealkylation sites (tertiary alicyclic amines) is 1. The summed E-state index contributed by atoms with van der Waals surface area (Å²) in [6.45, 7) is 3.34. The summed E-state index contributed by atoms with van der Waals surface area (Å²) < 4.78 is 31.3. The average molecular weight is 317 g/mol. The zero-order valence-corrected chi connectivity index (χ0v) is 12.8. The van der Waals surface area contributed by atoms with E-state index in [-0.39, 0.29) is 18.6 Å². The van der Waals surface area contributed by atoms with Crippen molar-refractivity contribution in [1.29, 1.82) is 0 Å². The average Bonchev–Trinajstić information content (AvgIpc) is 2.85. The molecule has 1 spiro atoms. The lowest BCUT2D eigenvalue weighted by Crippen LogP contribution is -2.46. The van der Waals surface area contributed by atoms with Gasteiger partial charge < -0.3 is 14.7 Å². The van der Waals surface area contributed by atoms with Crippen LogP contribution >= 0.6 is 11.3 Å². The number of β-amino-alcohol motifs (C(OH)–C–C–N with tert-alkyl or cyclic N) is 1. The van der Waals surface area contributed by atoms with Crippen LogP contribution in [0.2, 0.25) is 0 Å². The summed E-state index contributed by atoms with van der Waals surface area (Å²) in [6, 6.07) is 1.95. The second-order valence-electron chi connectivity index (χ2n) is 5.82. The summed E-state index contributed by atoms with van der Waals surface area (Å²) in [5, 5.41) is 9.02. The summed E-state index contributed by atoms with van der Waals surface area (Å²) >= 11 is 1.51. The van der Waals surface area contributed by atoms with Crippen molar-refractivity contribution in [3.8, 4) is 0 Å². The fourth-order valence-corrected chi connectivity index (χ4v) is 4.80. The van der Waals surface area contributed by atoms with E-state index in [0.29, 0.717) is 13.2 Å². The molecule has 1 aromatic rings. The molecule has 0 radical (unpaired) electrons. The van der Waals surface area contributed by atoms with Gasteiger partial charge in [-0.15, -0.1) is 11.3 Å². The lowest BCUT2D eigenvalue weighted by atomic mass is 9.85. The van der Waals surface area contributed by atoms with Gasteiger partial charge in [-0.3, -0.25) is 0 Å². The number of thiophene rings is 1. The Morgan fingerprint density at radius 2 is 2.14 bits per heavy atom. The molecule has 1 fully saturated rings. The van der Waals surface area contributed by atoms with Gasteiger partial charge in [-0.05, 0) is 30.9 Å². The molecule has 0 saturated carbocycles. The number of nitrogens with zero attached hydrogens (tertiary/aromatic N) is 1. The predicted molar refractivity (Wildman–Crippen MR) is 78.1 cm³/mol. The molecule has 3 rings (SSSR count). The van der Waals surface area contributed by atoms with Gasteiger partial charge in [0.1, 0.15) is 5.60 Å². The summed E-state index contributed by atoms with van der Waals surface area (Å²) in [4.78, 5) is 4.18. The standard InChI is InChI=1S/C15H21F2NO2S/c16-13(17)10-12-9-11-1-8-20-15(14(11)21-12)2-4-18(5-3-15)6-7-19/h9,13,19H,1-8,10H2. The fourth-order valence-electron chi connectivity index (χ4n) is 3.38. The molecule has 21 heavy (non-hydrogen) atoms. The molecule has 0 bridgehead atoms. The molecule has 2 aliphatic heterocycles. The van der Waals surface area contributed by atoms with Gasteiger partial charge in [0, 0.05) is 35.8 Å². The van der Waals surface area contributed by atoms with E-state index >= 15 is 0 Å². The normalized spacial score (nSPS) is 21.9. The molecule has 0 atom stereocenters. The molecule has 6 heteroatoms. The second-order valence-corrected chi connectivity index (χ2v) is 6.96. The molecule has 1 aromatic heterocycles. The SMILES string of the molecule is OCCN1CCC2(CC1)OCCc1cc(CC(F)F)sc12. The van der Waals surface area contributed by atoms with Gasteiger partial charge in [0.15, 0.2) is 0 Å². The zero-order chi connectivity index (χ0) is 14.9. The van der Waals surface area contributed by atoms with Crippen LogP contribution in [0, 0.1) is 0 Å². The molecule has 0 amide bonds. The number of alkyl halides is 2. The number of fused-ring (bicyclic) bond motifs is 2. The van der Waals surface area contributed by atoms with Crippen molar-refractivity contribution in [2.24, 2.45) is 0 Å². The zero-order valence-electron chi connectivity index (χ0n) is 12.0. The Morgan fingerprint density at radius 1 is 1.38 bits per heavy atom. The van der Waals surface area contributed by atoms with Crippen LogP contribution < -0.4 is 0 Å². The third-order valence-electron chi connectivity index (χ3n) is 4.46. The smallest absolute Gasteiger partial charge is 0.243 e. The molecule has 3 nitrogen and oxygen atoms in total. The Labute approximate surface area is 127 Å². The first kappa shape index (κ1) is 15.3. The highest BCUT2D eigenvalue weighted by molar-refractivity contribution is 7.12. The number of hydrogen-bond acceptors (Lipinski definition) is 4. The maximum Gasteiger partial charge on any atom is 0.243 e. The lowest BCUT2D eigenvalue weighted by molar-refractivity contribution is -0.0959. The molecule has 1 N–H and O–H groups in total. The molecule has 2 aliphatic rings. The third kappa shape index (κ3) is 3.13. The van der Waals surface area contributed by atoms with E-state index < -0.39 is 6.43 Å². The summed E-state index contributed by atoms with van der Waals surface area (Å²) in [5.41, 5.74) is 0.933. The monoisotopic (exact) mass is 317 g/mol. The molecular formula is C15H21F2NO2S. The van der Waals surface area contributed by atoms with Crippen molar-refractivity contribution < 1.29 is 18.6 Å². The Bertz CT molecular complexity index is 484. The highest BCUT2D eigenvalue weighted by Gasteiger charge is 2.42. The first-order valence-electron chi connectivity index (χ1n) is 7.50. The number of rotatable bonds is 4. The highest BCUT2D eigenvalue weighted by atomic mass is 32.1. The van der Waals surface area contributed by atoms with Crippen LogP contribution in [0.25, 0.3) is 0 Å². The second kappa shape index (κ2) is 6.28. The minimum Gasteiger partial charge on any atom is -0.395 e. The van der Waals surface area contributed by atoms with Gasteiger partial charge in [-0.2, -0.15) is 0 Å².